The van der Waals surface area contributed by atoms with Gasteiger partial charge in [0.05, 0.1) is 7.11 Å². The fourth-order valence-corrected chi connectivity index (χ4v) is 3.54. The standard InChI is InChI=1S/C21H26N2O2/c1-16-8-7-13-23(15-16)20(17-9-4-3-5-10-17)21(24)22-18-11-6-12-19(14-18)25-2/h3-6,9-12,14,16,20H,7-8,13,15H2,1-2H3,(H,22,24)/t16-,20+/m1/s1. The van der Waals surface area contributed by atoms with Crippen molar-refractivity contribution in [1.82, 2.24) is 4.90 Å². The van der Waals surface area contributed by atoms with Gasteiger partial charge in [-0.05, 0) is 43.0 Å². The summed E-state index contributed by atoms with van der Waals surface area (Å²) in [6.45, 7) is 4.16. The molecular formula is C21H26N2O2. The Morgan fingerprint density at radius 1 is 1.20 bits per heavy atom. The number of carbonyl (C=O) groups excluding carboxylic acids is 1. The molecule has 4 heteroatoms. The van der Waals surface area contributed by atoms with E-state index >= 15 is 0 Å². The lowest BCUT2D eigenvalue weighted by Crippen LogP contribution is -2.42. The molecular weight excluding hydrogens is 312 g/mol. The van der Waals surface area contributed by atoms with Crippen molar-refractivity contribution in [2.45, 2.75) is 25.8 Å². The Labute approximate surface area is 149 Å². The number of anilines is 1. The molecule has 0 saturated carbocycles. The van der Waals surface area contributed by atoms with Crippen LogP contribution in [0.15, 0.2) is 54.6 Å². The first-order valence-electron chi connectivity index (χ1n) is 8.91. The van der Waals surface area contributed by atoms with E-state index < -0.39 is 0 Å². The Bertz CT molecular complexity index is 702. The molecule has 2 atom stereocenters. The van der Waals surface area contributed by atoms with Crippen molar-refractivity contribution >= 4 is 11.6 Å². The van der Waals surface area contributed by atoms with Gasteiger partial charge < -0.3 is 10.1 Å². The molecule has 0 spiro atoms. The lowest BCUT2D eigenvalue weighted by molar-refractivity contribution is -0.122. The van der Waals surface area contributed by atoms with Gasteiger partial charge in [-0.3, -0.25) is 9.69 Å². The molecule has 0 radical (unpaired) electrons. The van der Waals surface area contributed by atoms with Crippen LogP contribution >= 0.6 is 0 Å². The Kier molecular flexibility index (Phi) is 5.71. The van der Waals surface area contributed by atoms with Crippen LogP contribution in [0.1, 0.15) is 31.4 Å². The molecule has 25 heavy (non-hydrogen) atoms. The maximum absolute atomic E-state index is 13.1. The summed E-state index contributed by atoms with van der Waals surface area (Å²) in [5.74, 6) is 1.36. The zero-order valence-corrected chi connectivity index (χ0v) is 14.9. The maximum Gasteiger partial charge on any atom is 0.246 e. The van der Waals surface area contributed by atoms with Gasteiger partial charge in [-0.1, -0.05) is 43.3 Å². The summed E-state index contributed by atoms with van der Waals surface area (Å²) in [5.41, 5.74) is 1.80. The number of ether oxygens (including phenoxy) is 1. The molecule has 132 valence electrons. The van der Waals surface area contributed by atoms with Gasteiger partial charge in [-0.2, -0.15) is 0 Å². The van der Waals surface area contributed by atoms with E-state index in [4.69, 9.17) is 4.74 Å². The Hall–Kier alpha value is -2.33. The van der Waals surface area contributed by atoms with Gasteiger partial charge in [0.15, 0.2) is 0 Å². The van der Waals surface area contributed by atoms with Crippen LogP contribution < -0.4 is 10.1 Å². The molecule has 0 unspecified atom stereocenters. The summed E-state index contributed by atoms with van der Waals surface area (Å²) in [6.07, 6.45) is 2.37. The van der Waals surface area contributed by atoms with Crippen molar-refractivity contribution in [1.29, 1.82) is 0 Å². The molecule has 2 aromatic rings. The first kappa shape index (κ1) is 17.5. The minimum Gasteiger partial charge on any atom is -0.497 e. The third-order valence-corrected chi connectivity index (χ3v) is 4.75. The predicted octanol–water partition coefficient (Wildman–Crippen LogP) is 4.11. The van der Waals surface area contributed by atoms with Crippen molar-refractivity contribution in [3.05, 3.63) is 60.2 Å². The number of carbonyl (C=O) groups is 1. The highest BCUT2D eigenvalue weighted by molar-refractivity contribution is 5.95. The van der Waals surface area contributed by atoms with E-state index in [-0.39, 0.29) is 11.9 Å². The van der Waals surface area contributed by atoms with Crippen molar-refractivity contribution in [2.75, 3.05) is 25.5 Å². The second-order valence-corrected chi connectivity index (χ2v) is 6.78. The van der Waals surface area contributed by atoms with Gasteiger partial charge in [-0.25, -0.2) is 0 Å². The largest absolute Gasteiger partial charge is 0.497 e. The molecule has 2 aromatic carbocycles. The number of hydrogen-bond acceptors (Lipinski definition) is 3. The third-order valence-electron chi connectivity index (χ3n) is 4.75. The summed E-state index contributed by atoms with van der Waals surface area (Å²) in [7, 11) is 1.63. The minimum absolute atomic E-state index is 0.00792. The van der Waals surface area contributed by atoms with Gasteiger partial charge in [0.1, 0.15) is 11.8 Å². The molecule has 0 aromatic heterocycles. The fraction of sp³-hybridized carbons (Fsp3) is 0.381. The minimum atomic E-state index is -0.268. The summed E-state index contributed by atoms with van der Waals surface area (Å²) < 4.78 is 5.25. The van der Waals surface area contributed by atoms with Crippen molar-refractivity contribution < 1.29 is 9.53 Å². The van der Waals surface area contributed by atoms with Gasteiger partial charge in [0, 0.05) is 18.3 Å². The van der Waals surface area contributed by atoms with Gasteiger partial charge in [0.2, 0.25) is 5.91 Å². The summed E-state index contributed by atoms with van der Waals surface area (Å²) in [6, 6.07) is 17.3. The lowest BCUT2D eigenvalue weighted by atomic mass is 9.95. The average Bonchev–Trinajstić information content (AvgIpc) is 2.63. The summed E-state index contributed by atoms with van der Waals surface area (Å²) in [5, 5.41) is 3.07. The number of rotatable bonds is 5. The summed E-state index contributed by atoms with van der Waals surface area (Å²) >= 11 is 0. The Morgan fingerprint density at radius 2 is 2.00 bits per heavy atom. The van der Waals surface area contributed by atoms with Crippen molar-refractivity contribution in [3.63, 3.8) is 0 Å². The van der Waals surface area contributed by atoms with Crippen molar-refractivity contribution in [3.8, 4) is 5.75 Å². The van der Waals surface area contributed by atoms with Crippen LogP contribution in [0.2, 0.25) is 0 Å². The van der Waals surface area contributed by atoms with Gasteiger partial charge in [0.25, 0.3) is 0 Å². The number of methoxy groups -OCH3 is 1. The van der Waals surface area contributed by atoms with E-state index in [1.54, 1.807) is 7.11 Å². The van der Waals surface area contributed by atoms with Crippen LogP contribution in [-0.4, -0.2) is 31.0 Å². The molecule has 1 amide bonds. The second kappa shape index (κ2) is 8.17. The van der Waals surface area contributed by atoms with Gasteiger partial charge in [-0.15, -0.1) is 0 Å². The zero-order chi connectivity index (χ0) is 17.6. The lowest BCUT2D eigenvalue weighted by Gasteiger charge is -2.36. The quantitative estimate of drug-likeness (QED) is 0.892. The predicted molar refractivity (Wildman–Crippen MR) is 101 cm³/mol. The Morgan fingerprint density at radius 3 is 2.72 bits per heavy atom. The molecule has 1 aliphatic heterocycles. The number of likely N-dealkylation sites (tertiary alicyclic amines) is 1. The molecule has 0 bridgehead atoms. The molecule has 1 saturated heterocycles. The average molecular weight is 338 g/mol. The number of piperidine rings is 1. The topological polar surface area (TPSA) is 41.6 Å². The highest BCUT2D eigenvalue weighted by atomic mass is 16.5. The number of amides is 1. The molecule has 1 heterocycles. The van der Waals surface area contributed by atoms with Crippen LogP contribution in [-0.2, 0) is 4.79 Å². The highest BCUT2D eigenvalue weighted by Crippen LogP contribution is 2.28. The molecule has 1 N–H and O–H groups in total. The smallest absolute Gasteiger partial charge is 0.246 e. The number of hydrogen-bond donors (Lipinski definition) is 1. The molecule has 1 fully saturated rings. The molecule has 1 aliphatic rings. The number of nitrogens with zero attached hydrogens (tertiary/aromatic N) is 1. The van der Waals surface area contributed by atoms with Crippen LogP contribution in [0.4, 0.5) is 5.69 Å². The van der Waals surface area contributed by atoms with E-state index in [2.05, 4.69) is 17.1 Å². The molecule has 4 nitrogen and oxygen atoms in total. The van der Waals surface area contributed by atoms with E-state index in [9.17, 15) is 4.79 Å². The first-order chi connectivity index (χ1) is 12.2. The first-order valence-corrected chi connectivity index (χ1v) is 8.91. The van der Waals surface area contributed by atoms with Crippen LogP contribution in [0.3, 0.4) is 0 Å². The van der Waals surface area contributed by atoms with Crippen LogP contribution in [0.25, 0.3) is 0 Å². The number of benzene rings is 2. The third kappa shape index (κ3) is 4.40. The highest BCUT2D eigenvalue weighted by Gasteiger charge is 2.30. The summed E-state index contributed by atoms with van der Waals surface area (Å²) in [4.78, 5) is 15.4. The van der Waals surface area contributed by atoms with E-state index in [0.29, 0.717) is 5.92 Å². The second-order valence-electron chi connectivity index (χ2n) is 6.78. The van der Waals surface area contributed by atoms with Crippen molar-refractivity contribution in [2.24, 2.45) is 5.92 Å². The normalized spacial score (nSPS) is 19.2. The van der Waals surface area contributed by atoms with E-state index in [0.717, 1.165) is 36.5 Å². The molecule has 3 rings (SSSR count). The maximum atomic E-state index is 13.1. The zero-order valence-electron chi connectivity index (χ0n) is 14.9. The van der Waals surface area contributed by atoms with Crippen LogP contribution in [0.5, 0.6) is 5.75 Å². The van der Waals surface area contributed by atoms with E-state index in [1.807, 2.05) is 54.6 Å². The molecule has 0 aliphatic carbocycles. The fourth-order valence-electron chi connectivity index (χ4n) is 3.54. The van der Waals surface area contributed by atoms with Crippen LogP contribution in [0, 0.1) is 5.92 Å². The SMILES string of the molecule is COc1cccc(NC(=O)[C@H](c2ccccc2)N2CCC[C@@H](C)C2)c1. The monoisotopic (exact) mass is 338 g/mol. The number of nitrogens with one attached hydrogen (secondary N) is 1. The van der Waals surface area contributed by atoms with Gasteiger partial charge >= 0.3 is 0 Å². The van der Waals surface area contributed by atoms with E-state index in [1.165, 1.54) is 6.42 Å². The Balaban J connectivity index is 1.84.